The van der Waals surface area contributed by atoms with E-state index in [1.54, 1.807) is 7.11 Å². The van der Waals surface area contributed by atoms with Gasteiger partial charge in [-0.3, -0.25) is 0 Å². The van der Waals surface area contributed by atoms with Crippen LogP contribution < -0.4 is 5.32 Å². The summed E-state index contributed by atoms with van der Waals surface area (Å²) >= 11 is 0. The molecule has 0 saturated heterocycles. The fraction of sp³-hybridized carbons (Fsp3) is 1.00. The van der Waals surface area contributed by atoms with Gasteiger partial charge in [0.2, 0.25) is 0 Å². The molecule has 14 heavy (non-hydrogen) atoms. The van der Waals surface area contributed by atoms with Crippen molar-refractivity contribution in [2.24, 2.45) is 5.92 Å². The van der Waals surface area contributed by atoms with Crippen LogP contribution in [0, 0.1) is 5.92 Å². The SMILES string of the molecule is COCCC(C)N[C@@H](C)C1CCCC1. The Morgan fingerprint density at radius 1 is 1.29 bits per heavy atom. The predicted octanol–water partition coefficient (Wildman–Crippen LogP) is 2.58. The molecular weight excluding hydrogens is 174 g/mol. The van der Waals surface area contributed by atoms with E-state index in [9.17, 15) is 0 Å². The Labute approximate surface area is 88.4 Å². The third-order valence-corrected chi connectivity index (χ3v) is 3.41. The molecule has 1 N–H and O–H groups in total. The van der Waals surface area contributed by atoms with E-state index in [4.69, 9.17) is 4.74 Å². The molecule has 0 radical (unpaired) electrons. The molecule has 84 valence electrons. The van der Waals surface area contributed by atoms with Crippen LogP contribution in [0.1, 0.15) is 46.0 Å². The summed E-state index contributed by atoms with van der Waals surface area (Å²) < 4.78 is 5.08. The monoisotopic (exact) mass is 199 g/mol. The summed E-state index contributed by atoms with van der Waals surface area (Å²) in [4.78, 5) is 0. The van der Waals surface area contributed by atoms with Gasteiger partial charge in [0.25, 0.3) is 0 Å². The van der Waals surface area contributed by atoms with Crippen molar-refractivity contribution in [1.82, 2.24) is 5.32 Å². The summed E-state index contributed by atoms with van der Waals surface area (Å²) in [5.41, 5.74) is 0. The molecule has 0 amide bonds. The molecule has 2 atom stereocenters. The van der Waals surface area contributed by atoms with Crippen LogP contribution in [0.3, 0.4) is 0 Å². The lowest BCUT2D eigenvalue weighted by Gasteiger charge is -2.24. The Kier molecular flexibility index (Phi) is 5.49. The van der Waals surface area contributed by atoms with E-state index in [1.807, 2.05) is 0 Å². The summed E-state index contributed by atoms with van der Waals surface area (Å²) in [6.07, 6.45) is 6.83. The molecule has 2 heteroatoms. The molecule has 2 nitrogen and oxygen atoms in total. The largest absolute Gasteiger partial charge is 0.385 e. The van der Waals surface area contributed by atoms with E-state index >= 15 is 0 Å². The molecule has 1 saturated carbocycles. The first-order valence-corrected chi connectivity index (χ1v) is 5.99. The molecule has 1 aliphatic carbocycles. The van der Waals surface area contributed by atoms with Crippen LogP contribution in [-0.2, 0) is 4.74 Å². The molecule has 0 bridgehead atoms. The van der Waals surface area contributed by atoms with Crippen molar-refractivity contribution < 1.29 is 4.74 Å². The molecule has 1 rings (SSSR count). The van der Waals surface area contributed by atoms with E-state index in [1.165, 1.54) is 25.7 Å². The van der Waals surface area contributed by atoms with Gasteiger partial charge in [0.15, 0.2) is 0 Å². The van der Waals surface area contributed by atoms with Crippen LogP contribution in [0.15, 0.2) is 0 Å². The smallest absolute Gasteiger partial charge is 0.0476 e. The molecule has 0 aliphatic heterocycles. The number of methoxy groups -OCH3 is 1. The van der Waals surface area contributed by atoms with Gasteiger partial charge in [0, 0.05) is 25.8 Å². The van der Waals surface area contributed by atoms with Gasteiger partial charge in [-0.05, 0) is 39.0 Å². The van der Waals surface area contributed by atoms with Crippen molar-refractivity contribution >= 4 is 0 Å². The molecule has 0 spiro atoms. The third-order valence-electron chi connectivity index (χ3n) is 3.41. The zero-order valence-corrected chi connectivity index (χ0v) is 9.88. The second-order valence-corrected chi connectivity index (χ2v) is 4.68. The van der Waals surface area contributed by atoms with Crippen molar-refractivity contribution in [2.45, 2.75) is 58.0 Å². The van der Waals surface area contributed by atoms with Crippen molar-refractivity contribution in [3.05, 3.63) is 0 Å². The quantitative estimate of drug-likeness (QED) is 0.710. The summed E-state index contributed by atoms with van der Waals surface area (Å²) in [6, 6.07) is 1.27. The highest BCUT2D eigenvalue weighted by atomic mass is 16.5. The van der Waals surface area contributed by atoms with Crippen LogP contribution in [0.5, 0.6) is 0 Å². The third kappa shape index (κ3) is 3.97. The van der Waals surface area contributed by atoms with Gasteiger partial charge in [-0.15, -0.1) is 0 Å². The van der Waals surface area contributed by atoms with Crippen molar-refractivity contribution in [2.75, 3.05) is 13.7 Å². The average molecular weight is 199 g/mol. The Morgan fingerprint density at radius 2 is 1.93 bits per heavy atom. The number of ether oxygens (including phenoxy) is 1. The van der Waals surface area contributed by atoms with Crippen molar-refractivity contribution in [3.63, 3.8) is 0 Å². The van der Waals surface area contributed by atoms with Crippen LogP contribution in [0.4, 0.5) is 0 Å². The van der Waals surface area contributed by atoms with Gasteiger partial charge >= 0.3 is 0 Å². The average Bonchev–Trinajstić information content (AvgIpc) is 2.67. The molecule has 0 heterocycles. The highest BCUT2D eigenvalue weighted by Gasteiger charge is 2.22. The topological polar surface area (TPSA) is 21.3 Å². The molecule has 0 aromatic rings. The number of hydrogen-bond acceptors (Lipinski definition) is 2. The van der Waals surface area contributed by atoms with Crippen molar-refractivity contribution in [3.8, 4) is 0 Å². The van der Waals surface area contributed by atoms with Gasteiger partial charge in [-0.25, -0.2) is 0 Å². The molecular formula is C12H25NO. The number of hydrogen-bond donors (Lipinski definition) is 1. The normalized spacial score (nSPS) is 22.5. The molecule has 1 fully saturated rings. The fourth-order valence-corrected chi connectivity index (χ4v) is 2.42. The summed E-state index contributed by atoms with van der Waals surface area (Å²) in [5, 5.41) is 3.68. The maximum absolute atomic E-state index is 5.08. The highest BCUT2D eigenvalue weighted by Crippen LogP contribution is 2.27. The minimum atomic E-state index is 0.588. The Balaban J connectivity index is 2.14. The zero-order valence-electron chi connectivity index (χ0n) is 9.88. The van der Waals surface area contributed by atoms with Crippen LogP contribution in [-0.4, -0.2) is 25.8 Å². The Bertz CT molecular complexity index is 143. The van der Waals surface area contributed by atoms with E-state index in [-0.39, 0.29) is 0 Å². The first-order valence-electron chi connectivity index (χ1n) is 5.99. The number of rotatable bonds is 6. The minimum Gasteiger partial charge on any atom is -0.385 e. The second kappa shape index (κ2) is 6.41. The Hall–Kier alpha value is -0.0800. The van der Waals surface area contributed by atoms with Crippen LogP contribution in [0.2, 0.25) is 0 Å². The van der Waals surface area contributed by atoms with Crippen LogP contribution in [0.25, 0.3) is 0 Å². The number of nitrogens with one attached hydrogen (secondary N) is 1. The van der Waals surface area contributed by atoms with Gasteiger partial charge < -0.3 is 10.1 Å². The lowest BCUT2D eigenvalue weighted by molar-refractivity contribution is 0.180. The van der Waals surface area contributed by atoms with Gasteiger partial charge in [0.05, 0.1) is 0 Å². The maximum Gasteiger partial charge on any atom is 0.0476 e. The summed E-state index contributed by atoms with van der Waals surface area (Å²) in [6.45, 7) is 5.45. The first kappa shape index (κ1) is 12.0. The van der Waals surface area contributed by atoms with E-state index in [0.29, 0.717) is 12.1 Å². The molecule has 0 aromatic heterocycles. The summed E-state index contributed by atoms with van der Waals surface area (Å²) in [5.74, 6) is 0.917. The van der Waals surface area contributed by atoms with Gasteiger partial charge in [0.1, 0.15) is 0 Å². The van der Waals surface area contributed by atoms with Crippen molar-refractivity contribution in [1.29, 1.82) is 0 Å². The van der Waals surface area contributed by atoms with Gasteiger partial charge in [-0.1, -0.05) is 12.8 Å². The molecule has 1 unspecified atom stereocenters. The second-order valence-electron chi connectivity index (χ2n) is 4.68. The summed E-state index contributed by atoms with van der Waals surface area (Å²) in [7, 11) is 1.77. The van der Waals surface area contributed by atoms with E-state index in [0.717, 1.165) is 18.9 Å². The van der Waals surface area contributed by atoms with Gasteiger partial charge in [-0.2, -0.15) is 0 Å². The first-order chi connectivity index (χ1) is 6.74. The van der Waals surface area contributed by atoms with E-state index in [2.05, 4.69) is 19.2 Å². The zero-order chi connectivity index (χ0) is 10.4. The highest BCUT2D eigenvalue weighted by molar-refractivity contribution is 4.79. The molecule has 0 aromatic carbocycles. The Morgan fingerprint density at radius 3 is 2.50 bits per heavy atom. The van der Waals surface area contributed by atoms with E-state index < -0.39 is 0 Å². The lowest BCUT2D eigenvalue weighted by Crippen LogP contribution is -2.39. The predicted molar refractivity (Wildman–Crippen MR) is 60.5 cm³/mol. The minimum absolute atomic E-state index is 0.588. The lowest BCUT2D eigenvalue weighted by atomic mass is 9.99. The van der Waals surface area contributed by atoms with Crippen LogP contribution >= 0.6 is 0 Å². The maximum atomic E-state index is 5.08. The molecule has 1 aliphatic rings. The fourth-order valence-electron chi connectivity index (χ4n) is 2.42. The standard InChI is InChI=1S/C12H25NO/c1-10(8-9-14-3)13-11(2)12-6-4-5-7-12/h10-13H,4-9H2,1-3H3/t10?,11-/m0/s1.